The maximum atomic E-state index is 15.4. The monoisotopic (exact) mass is 924 g/mol. The molecule has 0 N–H and O–H groups in total. The lowest BCUT2D eigenvalue weighted by Crippen LogP contribution is -2.81. The van der Waals surface area contributed by atoms with Crippen LogP contribution in [-0.2, 0) is 12.3 Å². The highest BCUT2D eigenvalue weighted by Crippen LogP contribution is 2.30. The average Bonchev–Trinajstić information content (AvgIpc) is 3.26. The maximum Gasteiger partial charge on any atom is 0.227 e. The zero-order chi connectivity index (χ0) is 46.4. The number of carbonyl (C=O) groups is 1. The van der Waals surface area contributed by atoms with Crippen molar-refractivity contribution in [3.05, 3.63) is 177 Å². The Morgan fingerprint density at radius 3 is 1.00 bits per heavy atom. The van der Waals surface area contributed by atoms with Gasteiger partial charge in [-0.25, -0.2) is 87.8 Å². The van der Waals surface area contributed by atoms with E-state index in [1.165, 1.54) is 0 Å². The molecule has 0 aliphatic heterocycles. The molecule has 1 heterocycles. The van der Waals surface area contributed by atoms with Crippen LogP contribution in [0.5, 0.6) is 0 Å². The van der Waals surface area contributed by atoms with Gasteiger partial charge in [0, 0.05) is 5.56 Å². The molecule has 0 bridgehead atoms. The van der Waals surface area contributed by atoms with E-state index in [1.807, 2.05) is 34.9 Å². The molecule has 0 atom stereocenters. The Kier molecular flexibility index (Phi) is 13.4. The summed E-state index contributed by atoms with van der Waals surface area (Å²) in [6, 6.07) is 9.28. The van der Waals surface area contributed by atoms with Crippen molar-refractivity contribution in [2.24, 2.45) is 0 Å². The van der Waals surface area contributed by atoms with E-state index in [0.717, 1.165) is 11.3 Å². The fourth-order valence-corrected chi connectivity index (χ4v) is 6.71. The third-order valence-electron chi connectivity index (χ3n) is 9.20. The molecule has 0 saturated heterocycles. The van der Waals surface area contributed by atoms with Crippen molar-refractivity contribution in [2.75, 3.05) is 0 Å². The van der Waals surface area contributed by atoms with Crippen LogP contribution in [-0.4, -0.2) is 16.9 Å². The zero-order valence-corrected chi connectivity index (χ0v) is 30.3. The fraction of sp³-hybridized carbons (Fsp3) is 0.0541. The van der Waals surface area contributed by atoms with Crippen LogP contribution < -0.4 is 26.4 Å². The number of thiol groups is 1. The van der Waals surface area contributed by atoms with E-state index in [1.54, 1.807) is 18.6 Å². The van der Waals surface area contributed by atoms with Crippen LogP contribution in [0.2, 0.25) is 0 Å². The van der Waals surface area contributed by atoms with Gasteiger partial charge in [-0.15, -0.1) is 21.9 Å². The summed E-state index contributed by atoms with van der Waals surface area (Å²) in [5, 5.41) is 0. The van der Waals surface area contributed by atoms with Crippen LogP contribution >= 0.6 is 12.6 Å². The highest BCUT2D eigenvalue weighted by atomic mass is 32.1. The number of nitrogens with zero attached hydrogens (tertiary/aromatic N) is 2. The molecule has 0 unspecified atom stereocenters. The predicted octanol–water partition coefficient (Wildman–Crippen LogP) is 7.53. The summed E-state index contributed by atoms with van der Waals surface area (Å²) in [7, 11) is 0. The van der Waals surface area contributed by atoms with Crippen molar-refractivity contribution in [1.29, 1.82) is 0 Å². The second-order valence-corrected chi connectivity index (χ2v) is 12.8. The topological polar surface area (TPSA) is 33.8 Å². The average molecular weight is 924 g/mol. The predicted molar refractivity (Wildman–Crippen MR) is 177 cm³/mol. The number of Topliss-reactive ketones (excluding diaryl/α,β-unsaturated/α-hetero) is 1. The Hall–Kier alpha value is -6.14. The van der Waals surface area contributed by atoms with Crippen LogP contribution in [0, 0.1) is 116 Å². The van der Waals surface area contributed by atoms with Gasteiger partial charge in [0.15, 0.2) is 76.0 Å². The van der Waals surface area contributed by atoms with Gasteiger partial charge in [-0.2, -0.15) is 17.2 Å². The van der Waals surface area contributed by atoms with Crippen LogP contribution in [0.15, 0.2) is 48.9 Å². The smallest absolute Gasteiger partial charge is 0.227 e. The Balaban J connectivity index is 0.000000355. The number of halogens is 20. The lowest BCUT2D eigenvalue weighted by molar-refractivity contribution is -0.690. The molecular weight excluding hydrogens is 911 g/mol. The molecule has 6 aromatic rings. The van der Waals surface area contributed by atoms with Crippen molar-refractivity contribution in [1.82, 2.24) is 4.98 Å². The summed E-state index contributed by atoms with van der Waals surface area (Å²) >= 11 is 4.22. The first kappa shape index (κ1) is 46.9. The largest absolute Gasteiger partial charge is 0.287 e. The van der Waals surface area contributed by atoms with Gasteiger partial charge in [-0.3, -0.25) is 9.78 Å². The van der Waals surface area contributed by atoms with Gasteiger partial charge >= 0.3 is 0 Å². The lowest BCUT2D eigenvalue weighted by Gasteiger charge is -2.44. The van der Waals surface area contributed by atoms with E-state index in [4.69, 9.17) is 0 Å². The molecule has 0 spiro atoms. The molecule has 6 rings (SSSR count). The molecule has 0 fully saturated rings. The molecule has 62 heavy (non-hydrogen) atoms. The number of rotatable bonds is 8. The first-order valence-electron chi connectivity index (χ1n) is 16.3. The SMILES string of the molecule is Fc1c(F)c(F)c([B-](c2c(F)c(F)c(F)c(F)c2F)(c2c(F)c(F)c(F)c(F)c2F)c2c(F)c(F)c(F)c(F)c2F)c(F)c1F.O=C(C[n+]1ccncc1CS)c1ccccc1. The third-order valence-corrected chi connectivity index (χ3v) is 9.53. The minimum Gasteiger partial charge on any atom is -0.287 e. The minimum absolute atomic E-state index is 0.0878. The van der Waals surface area contributed by atoms with E-state index >= 15 is 35.1 Å². The molecule has 0 aliphatic carbocycles. The van der Waals surface area contributed by atoms with E-state index in [-0.39, 0.29) is 5.78 Å². The van der Waals surface area contributed by atoms with Gasteiger partial charge in [0.05, 0.1) is 18.1 Å². The van der Waals surface area contributed by atoms with E-state index in [2.05, 4.69) is 17.6 Å². The summed E-state index contributed by atoms with van der Waals surface area (Å²) in [6.45, 7) is 0.322. The summed E-state index contributed by atoms with van der Waals surface area (Å²) in [5.74, 6) is -70.8. The van der Waals surface area contributed by atoms with Gasteiger partial charge < -0.3 is 0 Å². The number of hydrogen-bond donors (Lipinski definition) is 1. The molecule has 0 amide bonds. The summed E-state index contributed by atoms with van der Waals surface area (Å²) in [4.78, 5) is 16.0. The molecule has 0 aliphatic rings. The number of aromatic nitrogens is 2. The zero-order valence-electron chi connectivity index (χ0n) is 29.4. The molecule has 3 nitrogen and oxygen atoms in total. The second-order valence-electron chi connectivity index (χ2n) is 12.4. The fourth-order valence-electron chi connectivity index (χ4n) is 6.45. The Morgan fingerprint density at radius 2 is 0.726 bits per heavy atom. The summed E-state index contributed by atoms with van der Waals surface area (Å²) in [5.41, 5.74) is -12.7. The van der Waals surface area contributed by atoms with Crippen molar-refractivity contribution < 1.29 is 97.2 Å². The van der Waals surface area contributed by atoms with Crippen molar-refractivity contribution in [2.45, 2.75) is 12.3 Å². The van der Waals surface area contributed by atoms with Crippen molar-refractivity contribution >= 4 is 46.4 Å². The van der Waals surface area contributed by atoms with E-state index in [0.29, 0.717) is 12.3 Å². The van der Waals surface area contributed by atoms with Gasteiger partial charge in [0.2, 0.25) is 18.0 Å². The molecule has 0 radical (unpaired) electrons. The first-order chi connectivity index (χ1) is 29.0. The number of benzene rings is 5. The second kappa shape index (κ2) is 17.7. The molecular formula is C37H13BF20N2OS. The lowest BCUT2D eigenvalue weighted by atomic mass is 9.12. The number of ketones is 1. The van der Waals surface area contributed by atoms with Crippen LogP contribution in [0.3, 0.4) is 0 Å². The maximum absolute atomic E-state index is 15.4. The number of hydrogen-bond acceptors (Lipinski definition) is 3. The standard InChI is InChI=1S/C24BF20.C13H12N2OS/c26-5-1(6(27)14(35)21(42)13(5)34)25(2-7(28)15(36)22(43)16(37)8(2)29,3-9(30)17(38)23(44)18(39)10(3)31)4-11(32)19(40)24(45)20(41)12(4)33;16-13(11-4-2-1-3-5-11)9-15-7-6-14-8-12(15)10-17/h;1-8H,9-10H2/q-1;/p+1. The molecule has 0 saturated carbocycles. The quantitative estimate of drug-likeness (QED) is 0.0326. The minimum atomic E-state index is -7.22. The van der Waals surface area contributed by atoms with Crippen LogP contribution in [0.4, 0.5) is 87.8 Å². The molecule has 326 valence electrons. The van der Waals surface area contributed by atoms with E-state index in [9.17, 15) is 57.5 Å². The van der Waals surface area contributed by atoms with Crippen molar-refractivity contribution in [3.8, 4) is 0 Å². The normalized spacial score (nSPS) is 11.5. The summed E-state index contributed by atoms with van der Waals surface area (Å²) in [6.07, 6.45) is -2.02. The van der Waals surface area contributed by atoms with E-state index < -0.39 is 144 Å². The van der Waals surface area contributed by atoms with Crippen LogP contribution in [0.1, 0.15) is 16.1 Å². The van der Waals surface area contributed by atoms with Gasteiger partial charge in [-0.05, 0) is 0 Å². The molecule has 5 aromatic carbocycles. The highest BCUT2D eigenvalue weighted by molar-refractivity contribution is 7.79. The van der Waals surface area contributed by atoms with Gasteiger partial charge in [0.1, 0.15) is 52.7 Å². The Labute approximate surface area is 337 Å². The highest BCUT2D eigenvalue weighted by Gasteiger charge is 2.52. The number of carbonyl (C=O) groups excluding carboxylic acids is 1. The van der Waals surface area contributed by atoms with Gasteiger partial charge in [0.25, 0.3) is 0 Å². The molecule has 25 heteroatoms. The third kappa shape index (κ3) is 7.38. The van der Waals surface area contributed by atoms with Crippen molar-refractivity contribution in [3.63, 3.8) is 0 Å². The summed E-state index contributed by atoms with van der Waals surface area (Å²) < 4.78 is 296. The first-order valence-corrected chi connectivity index (χ1v) is 16.9. The Morgan fingerprint density at radius 1 is 0.452 bits per heavy atom. The Bertz CT molecular complexity index is 2410. The molecule has 1 aromatic heterocycles. The van der Waals surface area contributed by atoms with Crippen LogP contribution in [0.25, 0.3) is 0 Å². The van der Waals surface area contributed by atoms with Gasteiger partial charge in [-0.1, -0.05) is 30.3 Å².